The second-order valence-corrected chi connectivity index (χ2v) is 3.21. The van der Waals surface area contributed by atoms with Gasteiger partial charge in [-0.2, -0.15) is 0 Å². The highest BCUT2D eigenvalue weighted by atomic mass is 19.4. The van der Waals surface area contributed by atoms with E-state index in [1.165, 1.54) is 24.3 Å². The van der Waals surface area contributed by atoms with Crippen LogP contribution < -0.4 is 15.8 Å². The maximum atomic E-state index is 11.9. The Morgan fingerprint density at radius 2 is 2.00 bits per heavy atom. The molecule has 0 saturated carbocycles. The smallest absolute Gasteiger partial charge is 0.406 e. The molecule has 1 rings (SSSR count). The fourth-order valence-corrected chi connectivity index (χ4v) is 1.09. The largest absolute Gasteiger partial charge is 0.573 e. The number of hydrogen-bond acceptors (Lipinski definition) is 2. The van der Waals surface area contributed by atoms with Crippen LogP contribution in [0.15, 0.2) is 41.9 Å². The summed E-state index contributed by atoms with van der Waals surface area (Å²) in [5.74, 6) is -0.144. The molecule has 0 atom stereocenters. The summed E-state index contributed by atoms with van der Waals surface area (Å²) < 4.78 is 39.4. The molecule has 0 aliphatic carbocycles. The zero-order valence-corrected chi connectivity index (χ0v) is 9.37. The topological polar surface area (TPSA) is 59.6 Å². The number of ether oxygens (including phenoxy) is 1. The van der Waals surface area contributed by atoms with Gasteiger partial charge >= 0.3 is 6.36 Å². The molecule has 0 radical (unpaired) electrons. The van der Waals surface area contributed by atoms with Gasteiger partial charge in [-0.15, -0.1) is 19.8 Å². The maximum absolute atomic E-state index is 11.9. The summed E-state index contributed by atoms with van der Waals surface area (Å²) in [5, 5.41) is 2.71. The van der Waals surface area contributed by atoms with Crippen LogP contribution in [0.4, 0.5) is 18.9 Å². The molecule has 4 nitrogen and oxygen atoms in total. The lowest BCUT2D eigenvalue weighted by molar-refractivity contribution is -0.274. The van der Waals surface area contributed by atoms with E-state index < -0.39 is 6.36 Å². The van der Waals surface area contributed by atoms with Gasteiger partial charge in [0.15, 0.2) is 5.96 Å². The molecule has 0 amide bonds. The third-order valence-corrected chi connectivity index (χ3v) is 1.75. The van der Waals surface area contributed by atoms with E-state index in [9.17, 15) is 13.2 Å². The SMILES string of the molecule is C=CCN=C(N)Nc1ccc(OC(F)(F)F)cc1. The summed E-state index contributed by atoms with van der Waals surface area (Å²) in [6.07, 6.45) is -3.13. The summed E-state index contributed by atoms with van der Waals surface area (Å²) in [6, 6.07) is 5.15. The number of guanidine groups is 1. The molecule has 7 heteroatoms. The number of rotatable bonds is 4. The Balaban J connectivity index is 2.63. The minimum absolute atomic E-state index is 0.152. The molecular weight excluding hydrogens is 247 g/mol. The molecule has 1 aromatic rings. The molecule has 0 spiro atoms. The second kappa shape index (κ2) is 5.95. The molecule has 0 fully saturated rings. The highest BCUT2D eigenvalue weighted by Gasteiger charge is 2.30. The van der Waals surface area contributed by atoms with E-state index in [1.807, 2.05) is 0 Å². The van der Waals surface area contributed by atoms with Gasteiger partial charge in [-0.25, -0.2) is 4.99 Å². The highest BCUT2D eigenvalue weighted by Crippen LogP contribution is 2.23. The van der Waals surface area contributed by atoms with Gasteiger partial charge < -0.3 is 15.8 Å². The number of aliphatic imine (C=N–C) groups is 1. The van der Waals surface area contributed by atoms with Crippen molar-refractivity contribution in [2.45, 2.75) is 6.36 Å². The van der Waals surface area contributed by atoms with Crippen LogP contribution >= 0.6 is 0 Å². The summed E-state index contributed by atoms with van der Waals surface area (Å²) >= 11 is 0. The van der Waals surface area contributed by atoms with Crippen LogP contribution in [0.5, 0.6) is 5.75 Å². The van der Waals surface area contributed by atoms with Gasteiger partial charge in [0.2, 0.25) is 0 Å². The van der Waals surface area contributed by atoms with Crippen molar-refractivity contribution in [2.75, 3.05) is 11.9 Å². The molecule has 0 aliphatic heterocycles. The lowest BCUT2D eigenvalue weighted by atomic mass is 10.3. The minimum atomic E-state index is -4.70. The normalized spacial score (nSPS) is 12.1. The van der Waals surface area contributed by atoms with Gasteiger partial charge in [0, 0.05) is 5.69 Å². The van der Waals surface area contributed by atoms with E-state index in [1.54, 1.807) is 6.08 Å². The standard InChI is InChI=1S/C11H12F3N3O/c1-2-7-16-10(15)17-8-3-5-9(6-4-8)18-11(12,13)14/h2-6H,1,7H2,(H3,15,16,17). The molecule has 0 aliphatic rings. The Morgan fingerprint density at radius 3 is 2.50 bits per heavy atom. The van der Waals surface area contributed by atoms with E-state index in [4.69, 9.17) is 5.73 Å². The van der Waals surface area contributed by atoms with Crippen LogP contribution in [-0.2, 0) is 0 Å². The van der Waals surface area contributed by atoms with Crippen LogP contribution in [0.2, 0.25) is 0 Å². The van der Waals surface area contributed by atoms with Gasteiger partial charge in [0.25, 0.3) is 0 Å². The number of benzene rings is 1. The van der Waals surface area contributed by atoms with Crippen molar-refractivity contribution < 1.29 is 17.9 Å². The average molecular weight is 259 g/mol. The maximum Gasteiger partial charge on any atom is 0.573 e. The third-order valence-electron chi connectivity index (χ3n) is 1.75. The van der Waals surface area contributed by atoms with Gasteiger partial charge in [-0.3, -0.25) is 0 Å². The van der Waals surface area contributed by atoms with Gasteiger partial charge in [0.1, 0.15) is 5.75 Å². The van der Waals surface area contributed by atoms with Crippen LogP contribution in [0.25, 0.3) is 0 Å². The fraction of sp³-hybridized carbons (Fsp3) is 0.182. The quantitative estimate of drug-likeness (QED) is 0.496. The van der Waals surface area contributed by atoms with Crippen LogP contribution in [0.1, 0.15) is 0 Å². The first-order valence-corrected chi connectivity index (χ1v) is 4.94. The number of anilines is 1. The number of hydrogen-bond donors (Lipinski definition) is 2. The first-order chi connectivity index (χ1) is 8.40. The molecule has 0 saturated heterocycles. The summed E-state index contributed by atoms with van der Waals surface area (Å²) in [7, 11) is 0. The molecule has 0 unspecified atom stereocenters. The minimum Gasteiger partial charge on any atom is -0.406 e. The van der Waals surface area contributed by atoms with Gasteiger partial charge in [0.05, 0.1) is 6.54 Å². The van der Waals surface area contributed by atoms with Crippen molar-refractivity contribution >= 4 is 11.6 Å². The molecule has 98 valence electrons. The molecular formula is C11H12F3N3O. The number of nitrogens with one attached hydrogen (secondary N) is 1. The Kier molecular flexibility index (Phi) is 4.59. The Morgan fingerprint density at radius 1 is 1.39 bits per heavy atom. The average Bonchev–Trinajstić information content (AvgIpc) is 2.27. The van der Waals surface area contributed by atoms with E-state index >= 15 is 0 Å². The summed E-state index contributed by atoms with van der Waals surface area (Å²) in [4.78, 5) is 3.87. The molecule has 0 bridgehead atoms. The summed E-state index contributed by atoms with van der Waals surface area (Å²) in [6.45, 7) is 3.83. The van der Waals surface area contributed by atoms with E-state index in [0.29, 0.717) is 12.2 Å². The Hall–Kier alpha value is -2.18. The number of alkyl halides is 3. The third kappa shape index (κ3) is 5.24. The molecule has 18 heavy (non-hydrogen) atoms. The lowest BCUT2D eigenvalue weighted by Gasteiger charge is -2.10. The zero-order valence-electron chi connectivity index (χ0n) is 9.37. The van der Waals surface area contributed by atoms with Crippen LogP contribution in [0, 0.1) is 0 Å². The number of nitrogens with zero attached hydrogens (tertiary/aromatic N) is 1. The van der Waals surface area contributed by atoms with Crippen molar-refractivity contribution in [2.24, 2.45) is 10.7 Å². The monoisotopic (exact) mass is 259 g/mol. The predicted molar refractivity (Wildman–Crippen MR) is 63.4 cm³/mol. The van der Waals surface area contributed by atoms with Crippen molar-refractivity contribution in [3.63, 3.8) is 0 Å². The first kappa shape index (κ1) is 13.9. The Bertz CT molecular complexity index is 426. The van der Waals surface area contributed by atoms with Gasteiger partial charge in [-0.1, -0.05) is 6.08 Å². The number of nitrogens with two attached hydrogens (primary N) is 1. The van der Waals surface area contributed by atoms with Crippen molar-refractivity contribution in [3.05, 3.63) is 36.9 Å². The lowest BCUT2D eigenvalue weighted by Crippen LogP contribution is -2.22. The molecule has 0 heterocycles. The second-order valence-electron chi connectivity index (χ2n) is 3.21. The predicted octanol–water partition coefficient (Wildman–Crippen LogP) is 2.50. The highest BCUT2D eigenvalue weighted by molar-refractivity contribution is 5.92. The first-order valence-electron chi connectivity index (χ1n) is 4.94. The molecule has 1 aromatic carbocycles. The fourth-order valence-electron chi connectivity index (χ4n) is 1.09. The summed E-state index contributed by atoms with van der Waals surface area (Å²) in [5.41, 5.74) is 6.02. The van der Waals surface area contributed by atoms with Crippen molar-refractivity contribution in [1.82, 2.24) is 0 Å². The molecule has 3 N–H and O–H groups in total. The van der Waals surface area contributed by atoms with Crippen LogP contribution in [-0.4, -0.2) is 18.9 Å². The number of halogens is 3. The van der Waals surface area contributed by atoms with E-state index in [2.05, 4.69) is 21.6 Å². The van der Waals surface area contributed by atoms with E-state index in [-0.39, 0.29) is 11.7 Å². The zero-order chi connectivity index (χ0) is 13.6. The Labute approximate surface area is 102 Å². The van der Waals surface area contributed by atoms with Crippen molar-refractivity contribution in [3.8, 4) is 5.75 Å². The van der Waals surface area contributed by atoms with Gasteiger partial charge in [-0.05, 0) is 24.3 Å². The van der Waals surface area contributed by atoms with E-state index in [0.717, 1.165) is 0 Å². The van der Waals surface area contributed by atoms with Crippen molar-refractivity contribution in [1.29, 1.82) is 0 Å². The van der Waals surface area contributed by atoms with Crippen LogP contribution in [0.3, 0.4) is 0 Å². The molecule has 0 aromatic heterocycles.